The van der Waals surface area contributed by atoms with E-state index in [2.05, 4.69) is 28.7 Å². The number of benzene rings is 1. The molecule has 3 heteroatoms. The first-order valence-corrected chi connectivity index (χ1v) is 5.39. The molecule has 0 N–H and O–H groups in total. The first-order chi connectivity index (χ1) is 6.42. The van der Waals surface area contributed by atoms with E-state index in [-0.39, 0.29) is 5.60 Å². The van der Waals surface area contributed by atoms with Crippen molar-refractivity contribution in [3.63, 3.8) is 0 Å². The van der Waals surface area contributed by atoms with E-state index in [1.165, 1.54) is 0 Å². The van der Waals surface area contributed by atoms with E-state index < -0.39 is 0 Å². The molecule has 0 amide bonds. The van der Waals surface area contributed by atoms with Gasteiger partial charge < -0.3 is 4.74 Å². The fourth-order valence-corrected chi connectivity index (χ4v) is 1.61. The van der Waals surface area contributed by atoms with Crippen molar-refractivity contribution in [2.75, 3.05) is 0 Å². The third-order valence-corrected chi connectivity index (χ3v) is 2.38. The van der Waals surface area contributed by atoms with E-state index in [0.29, 0.717) is 5.56 Å². The number of hydrogen-bond donors (Lipinski definition) is 0. The molecule has 0 aliphatic rings. The molecule has 0 aliphatic heterocycles. The highest BCUT2D eigenvalue weighted by atomic mass is 127. The van der Waals surface area contributed by atoms with Gasteiger partial charge in [-0.25, -0.2) is 0 Å². The van der Waals surface area contributed by atoms with Gasteiger partial charge in [0.25, 0.3) is 0 Å². The molecule has 0 fully saturated rings. The maximum Gasteiger partial charge on any atom is 0.121 e. The van der Waals surface area contributed by atoms with Crippen LogP contribution in [0.5, 0.6) is 5.75 Å². The molecular formula is C11H12INO. The third-order valence-electron chi connectivity index (χ3n) is 1.49. The lowest BCUT2D eigenvalue weighted by Gasteiger charge is -2.21. The molecule has 0 aromatic heterocycles. The SMILES string of the molecule is CC(C)(C)Oc1ccc(C#N)c(I)c1. The van der Waals surface area contributed by atoms with Crippen LogP contribution >= 0.6 is 22.6 Å². The summed E-state index contributed by atoms with van der Waals surface area (Å²) in [6, 6.07) is 7.61. The van der Waals surface area contributed by atoms with E-state index in [0.717, 1.165) is 9.32 Å². The smallest absolute Gasteiger partial charge is 0.121 e. The summed E-state index contributed by atoms with van der Waals surface area (Å²) in [6.07, 6.45) is 0. The van der Waals surface area contributed by atoms with Crippen molar-refractivity contribution in [2.45, 2.75) is 26.4 Å². The zero-order valence-electron chi connectivity index (χ0n) is 8.47. The van der Waals surface area contributed by atoms with E-state index in [1.54, 1.807) is 6.07 Å². The molecule has 1 aromatic rings. The molecule has 74 valence electrons. The summed E-state index contributed by atoms with van der Waals surface area (Å²) in [5.41, 5.74) is 0.490. The number of nitrogens with zero attached hydrogens (tertiary/aromatic N) is 1. The van der Waals surface area contributed by atoms with Crippen LogP contribution in [0.2, 0.25) is 0 Å². The van der Waals surface area contributed by atoms with Crippen LogP contribution in [0.4, 0.5) is 0 Å². The van der Waals surface area contributed by atoms with E-state index in [1.807, 2.05) is 32.9 Å². The Kier molecular flexibility index (Phi) is 3.38. The predicted octanol–water partition coefficient (Wildman–Crippen LogP) is 3.34. The molecular weight excluding hydrogens is 289 g/mol. The highest BCUT2D eigenvalue weighted by Gasteiger charge is 2.12. The van der Waals surface area contributed by atoms with Crippen molar-refractivity contribution in [3.8, 4) is 11.8 Å². The fourth-order valence-electron chi connectivity index (χ4n) is 1.00. The fraction of sp³-hybridized carbons (Fsp3) is 0.364. The van der Waals surface area contributed by atoms with Crippen molar-refractivity contribution < 1.29 is 4.74 Å². The Morgan fingerprint density at radius 2 is 2.00 bits per heavy atom. The van der Waals surface area contributed by atoms with Crippen LogP contribution in [0.15, 0.2) is 18.2 Å². The molecule has 1 aromatic carbocycles. The Hall–Kier alpha value is -0.760. The minimum absolute atomic E-state index is 0.197. The number of hydrogen-bond acceptors (Lipinski definition) is 2. The third kappa shape index (κ3) is 3.18. The average molecular weight is 301 g/mol. The van der Waals surface area contributed by atoms with Crippen LogP contribution in [0.25, 0.3) is 0 Å². The quantitative estimate of drug-likeness (QED) is 0.745. The second kappa shape index (κ2) is 4.18. The van der Waals surface area contributed by atoms with Gasteiger partial charge in [-0.1, -0.05) is 0 Å². The summed E-state index contributed by atoms with van der Waals surface area (Å²) in [6.45, 7) is 5.99. The normalized spacial score (nSPS) is 10.8. The largest absolute Gasteiger partial charge is 0.488 e. The standard InChI is InChI=1S/C11H12INO/c1-11(2,3)14-9-5-4-8(7-13)10(12)6-9/h4-6H,1-3H3. The van der Waals surface area contributed by atoms with Crippen molar-refractivity contribution in [2.24, 2.45) is 0 Å². The van der Waals surface area contributed by atoms with Crippen molar-refractivity contribution >= 4 is 22.6 Å². The molecule has 0 unspecified atom stereocenters. The second-order valence-corrected chi connectivity index (χ2v) is 5.13. The van der Waals surface area contributed by atoms with E-state index in [9.17, 15) is 0 Å². The van der Waals surface area contributed by atoms with Gasteiger partial charge in [-0.2, -0.15) is 5.26 Å². The summed E-state index contributed by atoms with van der Waals surface area (Å²) in [4.78, 5) is 0. The van der Waals surface area contributed by atoms with Crippen LogP contribution in [-0.4, -0.2) is 5.60 Å². The van der Waals surface area contributed by atoms with E-state index >= 15 is 0 Å². The molecule has 2 nitrogen and oxygen atoms in total. The first-order valence-electron chi connectivity index (χ1n) is 4.31. The van der Waals surface area contributed by atoms with Gasteiger partial charge in [-0.05, 0) is 61.6 Å². The average Bonchev–Trinajstić information content (AvgIpc) is 2.01. The van der Waals surface area contributed by atoms with Gasteiger partial charge in [0, 0.05) is 3.57 Å². The second-order valence-electron chi connectivity index (χ2n) is 3.97. The molecule has 0 saturated heterocycles. The lowest BCUT2D eigenvalue weighted by atomic mass is 10.2. The van der Waals surface area contributed by atoms with Crippen molar-refractivity contribution in [1.82, 2.24) is 0 Å². The van der Waals surface area contributed by atoms with Crippen LogP contribution in [0.1, 0.15) is 26.3 Å². The maximum atomic E-state index is 8.75. The summed E-state index contributed by atoms with van der Waals surface area (Å²) in [5, 5.41) is 8.75. The Morgan fingerprint density at radius 3 is 2.43 bits per heavy atom. The monoisotopic (exact) mass is 301 g/mol. The van der Waals surface area contributed by atoms with Gasteiger partial charge in [0.2, 0.25) is 0 Å². The van der Waals surface area contributed by atoms with Crippen LogP contribution < -0.4 is 4.74 Å². The number of ether oxygens (including phenoxy) is 1. The Labute approximate surface area is 98.0 Å². The topological polar surface area (TPSA) is 33.0 Å². The lowest BCUT2D eigenvalue weighted by molar-refractivity contribution is 0.131. The minimum Gasteiger partial charge on any atom is -0.488 e. The molecule has 0 atom stereocenters. The van der Waals surface area contributed by atoms with Gasteiger partial charge in [0.15, 0.2) is 0 Å². The predicted molar refractivity (Wildman–Crippen MR) is 64.3 cm³/mol. The Balaban J connectivity index is 2.94. The van der Waals surface area contributed by atoms with Gasteiger partial charge >= 0.3 is 0 Å². The minimum atomic E-state index is -0.197. The van der Waals surface area contributed by atoms with Gasteiger partial charge in [-0.3, -0.25) is 0 Å². The molecule has 0 radical (unpaired) electrons. The van der Waals surface area contributed by atoms with Crippen molar-refractivity contribution in [1.29, 1.82) is 5.26 Å². The first kappa shape index (κ1) is 11.3. The molecule has 0 saturated carbocycles. The van der Waals surface area contributed by atoms with E-state index in [4.69, 9.17) is 10.00 Å². The van der Waals surface area contributed by atoms with Gasteiger partial charge in [-0.15, -0.1) is 0 Å². The number of halogens is 1. The van der Waals surface area contributed by atoms with Gasteiger partial charge in [0.05, 0.1) is 5.56 Å². The summed E-state index contributed by atoms with van der Waals surface area (Å²) >= 11 is 2.14. The number of nitriles is 1. The lowest BCUT2D eigenvalue weighted by Crippen LogP contribution is -2.22. The summed E-state index contributed by atoms with van der Waals surface area (Å²) < 4.78 is 6.59. The van der Waals surface area contributed by atoms with Crippen LogP contribution in [0.3, 0.4) is 0 Å². The molecule has 0 bridgehead atoms. The van der Waals surface area contributed by atoms with Gasteiger partial charge in [0.1, 0.15) is 17.4 Å². The summed E-state index contributed by atoms with van der Waals surface area (Å²) in [7, 11) is 0. The van der Waals surface area contributed by atoms with Crippen LogP contribution in [0, 0.1) is 14.9 Å². The molecule has 0 heterocycles. The zero-order valence-corrected chi connectivity index (χ0v) is 10.6. The Bertz CT molecular complexity index is 374. The highest BCUT2D eigenvalue weighted by molar-refractivity contribution is 14.1. The molecule has 1 rings (SSSR count). The molecule has 0 spiro atoms. The van der Waals surface area contributed by atoms with Crippen molar-refractivity contribution in [3.05, 3.63) is 27.3 Å². The number of rotatable bonds is 1. The molecule has 14 heavy (non-hydrogen) atoms. The highest BCUT2D eigenvalue weighted by Crippen LogP contribution is 2.22. The zero-order chi connectivity index (χ0) is 10.8. The van der Waals surface area contributed by atoms with Crippen LogP contribution in [-0.2, 0) is 0 Å². The maximum absolute atomic E-state index is 8.75. The molecule has 0 aliphatic carbocycles. The summed E-state index contributed by atoms with van der Waals surface area (Å²) in [5.74, 6) is 0.806. The Morgan fingerprint density at radius 1 is 1.36 bits per heavy atom.